The number of methoxy groups -OCH3 is 1. The minimum Gasteiger partial charge on any atom is -0.495 e. The van der Waals surface area contributed by atoms with Gasteiger partial charge < -0.3 is 15.0 Å². The lowest BCUT2D eigenvalue weighted by molar-refractivity contribution is 0.102. The summed E-state index contributed by atoms with van der Waals surface area (Å²) in [5, 5.41) is 2.55. The van der Waals surface area contributed by atoms with Crippen molar-refractivity contribution in [3.05, 3.63) is 56.9 Å². The normalized spacial score (nSPS) is 9.95. The summed E-state index contributed by atoms with van der Waals surface area (Å²) in [5.41, 5.74) is -1.07. The fourth-order valence-corrected chi connectivity index (χ4v) is 1.53. The molecule has 98 valence electrons. The molecule has 1 aromatic carbocycles. The van der Waals surface area contributed by atoms with Crippen molar-refractivity contribution >= 4 is 11.6 Å². The summed E-state index contributed by atoms with van der Waals surface area (Å²) >= 11 is 0. The number of aromatic nitrogens is 2. The van der Waals surface area contributed by atoms with Crippen molar-refractivity contribution in [2.24, 2.45) is 0 Å². The van der Waals surface area contributed by atoms with Crippen LogP contribution >= 0.6 is 0 Å². The second-order valence-electron chi connectivity index (χ2n) is 3.66. The van der Waals surface area contributed by atoms with Crippen molar-refractivity contribution in [3.63, 3.8) is 0 Å². The smallest absolute Gasteiger partial charge is 0.326 e. The third kappa shape index (κ3) is 2.89. The largest absolute Gasteiger partial charge is 0.495 e. The predicted molar refractivity (Wildman–Crippen MR) is 68.6 cm³/mol. The Morgan fingerprint density at radius 2 is 1.95 bits per heavy atom. The van der Waals surface area contributed by atoms with Crippen LogP contribution in [-0.2, 0) is 0 Å². The number of carbonyl (C=O) groups excluding carboxylic acids is 1. The maximum absolute atomic E-state index is 11.9. The molecule has 1 heterocycles. The number of benzene rings is 1. The average Bonchev–Trinajstić information content (AvgIpc) is 2.38. The van der Waals surface area contributed by atoms with Crippen molar-refractivity contribution < 1.29 is 9.53 Å². The van der Waals surface area contributed by atoms with E-state index in [4.69, 9.17) is 4.74 Å². The number of H-pyrrole nitrogens is 2. The zero-order chi connectivity index (χ0) is 13.8. The topological polar surface area (TPSA) is 104 Å². The van der Waals surface area contributed by atoms with Crippen LogP contribution < -0.4 is 21.3 Å². The summed E-state index contributed by atoms with van der Waals surface area (Å²) in [7, 11) is 1.47. The van der Waals surface area contributed by atoms with Crippen LogP contribution in [0.4, 0.5) is 5.69 Å². The van der Waals surface area contributed by atoms with Gasteiger partial charge in [-0.25, -0.2) is 4.79 Å². The monoisotopic (exact) mass is 261 g/mol. The molecule has 0 aliphatic rings. The minimum absolute atomic E-state index is 0.125. The van der Waals surface area contributed by atoms with Crippen molar-refractivity contribution in [1.29, 1.82) is 0 Å². The van der Waals surface area contributed by atoms with Gasteiger partial charge >= 0.3 is 5.69 Å². The van der Waals surface area contributed by atoms with Gasteiger partial charge in [0.25, 0.3) is 11.5 Å². The van der Waals surface area contributed by atoms with Crippen LogP contribution in [-0.4, -0.2) is 23.0 Å². The molecule has 2 aromatic rings. The van der Waals surface area contributed by atoms with Gasteiger partial charge in [0, 0.05) is 6.07 Å². The summed E-state index contributed by atoms with van der Waals surface area (Å²) in [4.78, 5) is 38.3. The second-order valence-corrected chi connectivity index (χ2v) is 3.66. The Kier molecular flexibility index (Phi) is 3.46. The van der Waals surface area contributed by atoms with Crippen LogP contribution in [0.5, 0.6) is 5.75 Å². The van der Waals surface area contributed by atoms with E-state index in [1.54, 1.807) is 24.3 Å². The molecule has 7 nitrogen and oxygen atoms in total. The fourth-order valence-electron chi connectivity index (χ4n) is 1.53. The van der Waals surface area contributed by atoms with Gasteiger partial charge in [-0.15, -0.1) is 0 Å². The molecule has 3 N–H and O–H groups in total. The van der Waals surface area contributed by atoms with E-state index < -0.39 is 17.2 Å². The lowest BCUT2D eigenvalue weighted by Gasteiger charge is -2.09. The van der Waals surface area contributed by atoms with E-state index in [0.29, 0.717) is 11.4 Å². The van der Waals surface area contributed by atoms with Gasteiger partial charge in [-0.05, 0) is 12.1 Å². The molecule has 0 aliphatic carbocycles. The number of anilines is 1. The predicted octanol–water partition coefficient (Wildman–Crippen LogP) is 0.324. The van der Waals surface area contributed by atoms with Gasteiger partial charge in [0.05, 0.1) is 12.8 Å². The highest BCUT2D eigenvalue weighted by molar-refractivity contribution is 6.03. The fraction of sp³-hybridized carbons (Fsp3) is 0.0833. The number of amides is 1. The van der Waals surface area contributed by atoms with Crippen LogP contribution in [0.15, 0.2) is 39.9 Å². The van der Waals surface area contributed by atoms with Gasteiger partial charge in [0.1, 0.15) is 11.4 Å². The first kappa shape index (κ1) is 12.6. The Morgan fingerprint density at radius 1 is 1.21 bits per heavy atom. The quantitative estimate of drug-likeness (QED) is 0.740. The maximum atomic E-state index is 11.9. The lowest BCUT2D eigenvalue weighted by atomic mass is 10.2. The zero-order valence-electron chi connectivity index (χ0n) is 10.0. The van der Waals surface area contributed by atoms with Crippen LogP contribution in [0.25, 0.3) is 0 Å². The summed E-state index contributed by atoms with van der Waals surface area (Å²) < 4.78 is 5.07. The van der Waals surface area contributed by atoms with E-state index in [1.165, 1.54) is 7.11 Å². The first-order chi connectivity index (χ1) is 9.10. The van der Waals surface area contributed by atoms with E-state index in [-0.39, 0.29) is 5.69 Å². The van der Waals surface area contributed by atoms with Crippen molar-refractivity contribution in [3.8, 4) is 5.75 Å². The highest BCUT2D eigenvalue weighted by Gasteiger charge is 2.10. The molecular formula is C12H11N3O4. The summed E-state index contributed by atoms with van der Waals surface area (Å²) in [6, 6.07) is 7.80. The first-order valence-electron chi connectivity index (χ1n) is 5.38. The Labute approximate surface area is 107 Å². The van der Waals surface area contributed by atoms with Crippen molar-refractivity contribution in [2.75, 3.05) is 12.4 Å². The zero-order valence-corrected chi connectivity index (χ0v) is 10.0. The van der Waals surface area contributed by atoms with Crippen LogP contribution in [0.1, 0.15) is 10.5 Å². The molecule has 0 atom stereocenters. The van der Waals surface area contributed by atoms with Crippen LogP contribution in [0.3, 0.4) is 0 Å². The summed E-state index contributed by atoms with van der Waals surface area (Å²) in [5.74, 6) is -0.129. The number of nitrogens with one attached hydrogen (secondary N) is 3. The number of aromatic amines is 2. The Balaban J connectivity index is 2.30. The highest BCUT2D eigenvalue weighted by atomic mass is 16.5. The number of hydrogen-bond donors (Lipinski definition) is 3. The molecular weight excluding hydrogens is 250 g/mol. The van der Waals surface area contributed by atoms with Gasteiger partial charge in [0.15, 0.2) is 0 Å². The van der Waals surface area contributed by atoms with Gasteiger partial charge in [-0.3, -0.25) is 14.6 Å². The number of para-hydroxylation sites is 2. The summed E-state index contributed by atoms with van der Waals surface area (Å²) in [6.07, 6.45) is 0. The highest BCUT2D eigenvalue weighted by Crippen LogP contribution is 2.23. The van der Waals surface area contributed by atoms with E-state index in [2.05, 4.69) is 10.3 Å². The molecule has 0 fully saturated rings. The lowest BCUT2D eigenvalue weighted by Crippen LogP contribution is -2.27. The molecule has 0 saturated heterocycles. The number of hydrogen-bond acceptors (Lipinski definition) is 4. The molecule has 19 heavy (non-hydrogen) atoms. The van der Waals surface area contributed by atoms with E-state index in [0.717, 1.165) is 6.07 Å². The molecule has 0 aliphatic heterocycles. The minimum atomic E-state index is -0.738. The summed E-state index contributed by atoms with van der Waals surface area (Å²) in [6.45, 7) is 0. The first-order valence-corrected chi connectivity index (χ1v) is 5.38. The van der Waals surface area contributed by atoms with Gasteiger partial charge in [-0.1, -0.05) is 12.1 Å². The van der Waals surface area contributed by atoms with Gasteiger partial charge in [0.2, 0.25) is 0 Å². The number of carbonyl (C=O) groups is 1. The molecule has 2 rings (SSSR count). The van der Waals surface area contributed by atoms with E-state index in [9.17, 15) is 14.4 Å². The van der Waals surface area contributed by atoms with E-state index in [1.807, 2.05) is 4.98 Å². The third-order valence-corrected chi connectivity index (χ3v) is 2.36. The van der Waals surface area contributed by atoms with Crippen LogP contribution in [0.2, 0.25) is 0 Å². The molecule has 1 aromatic heterocycles. The van der Waals surface area contributed by atoms with Gasteiger partial charge in [-0.2, -0.15) is 0 Å². The molecule has 0 radical (unpaired) electrons. The Morgan fingerprint density at radius 3 is 2.63 bits per heavy atom. The SMILES string of the molecule is COc1ccccc1NC(=O)c1cc(=O)[nH]c(=O)[nH]1. The molecule has 0 spiro atoms. The number of ether oxygens (including phenoxy) is 1. The maximum Gasteiger partial charge on any atom is 0.326 e. The molecule has 0 unspecified atom stereocenters. The molecule has 0 bridgehead atoms. The standard InChI is InChI=1S/C12H11N3O4/c1-19-9-5-3-2-4-7(9)13-11(17)8-6-10(16)15-12(18)14-8/h2-6H,1H3,(H,13,17)(H2,14,15,16,18). The van der Waals surface area contributed by atoms with Crippen molar-refractivity contribution in [2.45, 2.75) is 0 Å². The number of rotatable bonds is 3. The Bertz CT molecular complexity index is 689. The van der Waals surface area contributed by atoms with Crippen LogP contribution in [0, 0.1) is 0 Å². The second kappa shape index (κ2) is 5.21. The third-order valence-electron chi connectivity index (χ3n) is 2.36. The molecule has 7 heteroatoms. The average molecular weight is 261 g/mol. The van der Waals surface area contributed by atoms with E-state index >= 15 is 0 Å². The molecule has 1 amide bonds. The van der Waals surface area contributed by atoms with Crippen molar-refractivity contribution in [1.82, 2.24) is 9.97 Å². The Hall–Kier alpha value is -2.83. The molecule has 0 saturated carbocycles.